The molecule has 0 N–H and O–H groups in total. The van der Waals surface area contributed by atoms with E-state index in [-0.39, 0.29) is 17.6 Å². The van der Waals surface area contributed by atoms with E-state index in [0.717, 1.165) is 19.4 Å². The first kappa shape index (κ1) is 11.8. The monoisotopic (exact) mass is 252 g/mol. The number of hydrogen-bond donors (Lipinski definition) is 0. The van der Waals surface area contributed by atoms with Crippen LogP contribution in [0, 0.1) is 0 Å². The van der Waals surface area contributed by atoms with E-state index < -0.39 is 0 Å². The number of ketones is 1. The molecule has 6 heteroatoms. The van der Waals surface area contributed by atoms with Gasteiger partial charge in [0, 0.05) is 18.9 Å². The van der Waals surface area contributed by atoms with Crippen molar-refractivity contribution in [3.63, 3.8) is 0 Å². The van der Waals surface area contributed by atoms with Crippen molar-refractivity contribution >= 4 is 5.78 Å². The van der Waals surface area contributed by atoms with Crippen LogP contribution in [0.25, 0.3) is 0 Å². The quantitative estimate of drug-likeness (QED) is 0.782. The van der Waals surface area contributed by atoms with Gasteiger partial charge in [-0.15, -0.1) is 0 Å². The Bertz CT molecular complexity index is 425. The van der Waals surface area contributed by atoms with Gasteiger partial charge in [-0.2, -0.15) is 4.98 Å². The molecule has 0 amide bonds. The van der Waals surface area contributed by atoms with Crippen LogP contribution in [0.2, 0.25) is 0 Å². The molecular formula is C12H16N2O4. The molecule has 98 valence electrons. The van der Waals surface area contributed by atoms with Crippen LogP contribution in [0.4, 0.5) is 0 Å². The van der Waals surface area contributed by atoms with Crippen molar-refractivity contribution in [2.24, 2.45) is 0 Å². The van der Waals surface area contributed by atoms with Crippen molar-refractivity contribution in [2.75, 3.05) is 26.4 Å². The molecule has 2 aliphatic heterocycles. The van der Waals surface area contributed by atoms with E-state index >= 15 is 0 Å². The van der Waals surface area contributed by atoms with Crippen LogP contribution in [-0.4, -0.2) is 42.4 Å². The van der Waals surface area contributed by atoms with Crippen molar-refractivity contribution in [2.45, 2.75) is 31.1 Å². The first-order chi connectivity index (χ1) is 8.84. The summed E-state index contributed by atoms with van der Waals surface area (Å²) in [5.41, 5.74) is 0. The van der Waals surface area contributed by atoms with Gasteiger partial charge in [0.15, 0.2) is 5.82 Å². The summed E-state index contributed by atoms with van der Waals surface area (Å²) >= 11 is 0. The molecule has 0 aliphatic carbocycles. The Balaban J connectivity index is 1.73. The van der Waals surface area contributed by atoms with Crippen LogP contribution in [0.3, 0.4) is 0 Å². The number of Topliss-reactive ketones (excluding diaryl/α,β-unsaturated/α-hetero) is 1. The minimum absolute atomic E-state index is 0.122. The fourth-order valence-electron chi connectivity index (χ4n) is 2.35. The third-order valence-electron chi connectivity index (χ3n) is 3.45. The van der Waals surface area contributed by atoms with Crippen LogP contribution in [-0.2, 0) is 14.3 Å². The van der Waals surface area contributed by atoms with Gasteiger partial charge in [0.25, 0.3) is 0 Å². The molecule has 0 spiro atoms. The Labute approximate surface area is 105 Å². The molecule has 2 aliphatic rings. The van der Waals surface area contributed by atoms with Crippen LogP contribution < -0.4 is 0 Å². The summed E-state index contributed by atoms with van der Waals surface area (Å²) in [6, 6.07) is 0. The summed E-state index contributed by atoms with van der Waals surface area (Å²) in [5, 5.41) is 3.98. The molecule has 1 aromatic rings. The van der Waals surface area contributed by atoms with E-state index in [0.29, 0.717) is 38.0 Å². The molecule has 2 unspecified atom stereocenters. The largest absolute Gasteiger partial charge is 0.381 e. The molecule has 3 heterocycles. The van der Waals surface area contributed by atoms with Crippen LogP contribution in [0.15, 0.2) is 4.52 Å². The fraction of sp³-hybridized carbons (Fsp3) is 0.750. The highest BCUT2D eigenvalue weighted by Crippen LogP contribution is 2.26. The zero-order chi connectivity index (χ0) is 12.4. The number of aromatic nitrogens is 2. The van der Waals surface area contributed by atoms with Crippen molar-refractivity contribution in [1.82, 2.24) is 10.1 Å². The maximum atomic E-state index is 11.7. The normalized spacial score (nSPS) is 29.4. The Kier molecular flexibility index (Phi) is 3.38. The summed E-state index contributed by atoms with van der Waals surface area (Å²) in [7, 11) is 0. The lowest BCUT2D eigenvalue weighted by Gasteiger charge is -2.19. The van der Waals surface area contributed by atoms with Crippen molar-refractivity contribution in [1.29, 1.82) is 0 Å². The molecule has 0 radical (unpaired) electrons. The summed E-state index contributed by atoms with van der Waals surface area (Å²) < 4.78 is 15.9. The highest BCUT2D eigenvalue weighted by molar-refractivity contribution is 5.85. The van der Waals surface area contributed by atoms with Gasteiger partial charge in [-0.05, 0) is 12.8 Å². The third-order valence-corrected chi connectivity index (χ3v) is 3.45. The maximum Gasteiger partial charge on any atom is 0.239 e. The highest BCUT2D eigenvalue weighted by atomic mass is 16.5. The fourth-order valence-corrected chi connectivity index (χ4v) is 2.35. The lowest BCUT2D eigenvalue weighted by atomic mass is 10.00. The van der Waals surface area contributed by atoms with E-state index in [2.05, 4.69) is 10.1 Å². The molecule has 2 fully saturated rings. The third kappa shape index (κ3) is 2.30. The molecule has 2 saturated heterocycles. The van der Waals surface area contributed by atoms with E-state index in [1.54, 1.807) is 0 Å². The molecule has 6 nitrogen and oxygen atoms in total. The Morgan fingerprint density at radius 1 is 1.17 bits per heavy atom. The second-order valence-corrected chi connectivity index (χ2v) is 4.75. The molecule has 18 heavy (non-hydrogen) atoms. The summed E-state index contributed by atoms with van der Waals surface area (Å²) in [4.78, 5) is 16.1. The van der Waals surface area contributed by atoms with E-state index in [4.69, 9.17) is 14.0 Å². The van der Waals surface area contributed by atoms with E-state index in [1.807, 2.05) is 0 Å². The lowest BCUT2D eigenvalue weighted by molar-refractivity contribution is -0.127. The second-order valence-electron chi connectivity index (χ2n) is 4.75. The van der Waals surface area contributed by atoms with Crippen molar-refractivity contribution < 1.29 is 18.8 Å². The van der Waals surface area contributed by atoms with Gasteiger partial charge < -0.3 is 14.0 Å². The second kappa shape index (κ2) is 5.16. The molecule has 2 atom stereocenters. The number of hydrogen-bond acceptors (Lipinski definition) is 6. The van der Waals surface area contributed by atoms with Crippen molar-refractivity contribution in [3.8, 4) is 0 Å². The van der Waals surface area contributed by atoms with Gasteiger partial charge in [-0.1, -0.05) is 5.16 Å². The smallest absolute Gasteiger partial charge is 0.239 e. The molecule has 1 aromatic heterocycles. The Morgan fingerprint density at radius 2 is 2.06 bits per heavy atom. The first-order valence-corrected chi connectivity index (χ1v) is 6.36. The number of carbonyl (C=O) groups is 1. The van der Waals surface area contributed by atoms with E-state index in [9.17, 15) is 4.79 Å². The minimum atomic E-state index is -0.385. The van der Waals surface area contributed by atoms with Crippen molar-refractivity contribution in [3.05, 3.63) is 11.7 Å². The number of rotatable bonds is 2. The number of nitrogens with zero attached hydrogens (tertiary/aromatic N) is 2. The number of carbonyl (C=O) groups excluding carboxylic acids is 1. The summed E-state index contributed by atoms with van der Waals surface area (Å²) in [5.74, 6) is 0.972. The molecule has 0 aromatic carbocycles. The van der Waals surface area contributed by atoms with Crippen LogP contribution in [0.5, 0.6) is 0 Å². The van der Waals surface area contributed by atoms with Crippen LogP contribution in [0.1, 0.15) is 42.8 Å². The molecule has 3 rings (SSSR count). The average Bonchev–Trinajstić information content (AvgIpc) is 2.90. The van der Waals surface area contributed by atoms with Gasteiger partial charge in [0.1, 0.15) is 11.7 Å². The molecule has 0 bridgehead atoms. The van der Waals surface area contributed by atoms with Gasteiger partial charge >= 0.3 is 0 Å². The minimum Gasteiger partial charge on any atom is -0.381 e. The molecule has 0 saturated carbocycles. The average molecular weight is 252 g/mol. The van der Waals surface area contributed by atoms with Gasteiger partial charge in [0.2, 0.25) is 5.89 Å². The lowest BCUT2D eigenvalue weighted by Crippen LogP contribution is -2.26. The standard InChI is InChI=1S/C12H16N2O4/c15-10-3-5-17-7-9(10)12-13-11(14-18-12)8-2-1-4-16-6-8/h8-9H,1-7H2. The maximum absolute atomic E-state index is 11.7. The van der Waals surface area contributed by atoms with Gasteiger partial charge in [-0.25, -0.2) is 0 Å². The summed E-state index contributed by atoms with van der Waals surface area (Å²) in [6.07, 6.45) is 2.45. The predicted octanol–water partition coefficient (Wildman–Crippen LogP) is 1.04. The van der Waals surface area contributed by atoms with Crippen LogP contribution >= 0.6 is 0 Å². The van der Waals surface area contributed by atoms with Gasteiger partial charge in [0.05, 0.1) is 19.8 Å². The zero-order valence-corrected chi connectivity index (χ0v) is 10.1. The number of ether oxygens (including phenoxy) is 2. The van der Waals surface area contributed by atoms with E-state index in [1.165, 1.54) is 0 Å². The van der Waals surface area contributed by atoms with Gasteiger partial charge in [-0.3, -0.25) is 4.79 Å². The Morgan fingerprint density at radius 3 is 2.83 bits per heavy atom. The molecular weight excluding hydrogens is 236 g/mol. The Hall–Kier alpha value is -1.27. The summed E-state index contributed by atoms with van der Waals surface area (Å²) in [6.45, 7) is 2.28. The zero-order valence-electron chi connectivity index (χ0n) is 10.1. The topological polar surface area (TPSA) is 74.5 Å². The highest BCUT2D eigenvalue weighted by Gasteiger charge is 2.31. The first-order valence-electron chi connectivity index (χ1n) is 6.36. The predicted molar refractivity (Wildman–Crippen MR) is 60.3 cm³/mol. The SMILES string of the molecule is O=C1CCOCC1c1nc(C2CCCOC2)no1.